The first-order valence-electron chi connectivity index (χ1n) is 9.82. The summed E-state index contributed by atoms with van der Waals surface area (Å²) in [6, 6.07) is -0.419. The predicted octanol–water partition coefficient (Wildman–Crippen LogP) is 3.60. The van der Waals surface area contributed by atoms with E-state index in [2.05, 4.69) is 22.7 Å². The number of carbonyl (C=O) groups is 2. The van der Waals surface area contributed by atoms with Gasteiger partial charge in [-0.3, -0.25) is 9.59 Å². The molecule has 0 aliphatic rings. The molecule has 0 bridgehead atoms. The molecule has 3 N–H and O–H groups in total. The summed E-state index contributed by atoms with van der Waals surface area (Å²) in [6.07, 6.45) is 14.3. The molecule has 0 aliphatic heterocycles. The number of ether oxygens (including phenoxy) is 1. The molecule has 148 valence electrons. The highest BCUT2D eigenvalue weighted by Gasteiger charge is 2.10. The Morgan fingerprint density at radius 3 is 1.88 bits per heavy atom. The molecule has 25 heavy (non-hydrogen) atoms. The fraction of sp³-hybridized carbons (Fsp3) is 0.895. The van der Waals surface area contributed by atoms with Crippen LogP contribution in [-0.4, -0.2) is 37.3 Å². The number of carbonyl (C=O) groups excluding carboxylic acids is 2. The van der Waals surface area contributed by atoms with Crippen molar-refractivity contribution >= 4 is 24.5 Å². The Morgan fingerprint density at radius 1 is 0.920 bits per heavy atom. The molecule has 0 saturated carbocycles. The Bertz CT molecular complexity index is 341. The molecule has 0 radical (unpaired) electrons. The minimum atomic E-state index is -0.419. The fourth-order valence-corrected chi connectivity index (χ4v) is 2.98. The molecule has 0 fully saturated rings. The van der Waals surface area contributed by atoms with Crippen LogP contribution in [0.2, 0.25) is 0 Å². The van der Waals surface area contributed by atoms with Crippen molar-refractivity contribution in [3.8, 4) is 0 Å². The first-order valence-corrected chi connectivity index (χ1v) is 10.5. The number of nitrogens with one attached hydrogen (secondary N) is 1. The second-order valence-corrected chi connectivity index (χ2v) is 7.07. The van der Waals surface area contributed by atoms with E-state index in [0.717, 1.165) is 32.2 Å². The molecule has 0 aliphatic carbocycles. The minimum absolute atomic E-state index is 0.0550. The van der Waals surface area contributed by atoms with E-state index in [0.29, 0.717) is 18.6 Å². The van der Waals surface area contributed by atoms with E-state index in [1.165, 1.54) is 52.1 Å². The van der Waals surface area contributed by atoms with Gasteiger partial charge in [-0.1, -0.05) is 57.8 Å². The Balaban J connectivity index is 3.19. The third-order valence-corrected chi connectivity index (χ3v) is 4.62. The quantitative estimate of drug-likeness (QED) is 0.206. The van der Waals surface area contributed by atoms with Crippen molar-refractivity contribution in [2.75, 3.05) is 19.4 Å². The van der Waals surface area contributed by atoms with Gasteiger partial charge >= 0.3 is 5.97 Å². The van der Waals surface area contributed by atoms with E-state index >= 15 is 0 Å². The Labute approximate surface area is 159 Å². The molecule has 0 aromatic rings. The average Bonchev–Trinajstić information content (AvgIpc) is 2.61. The molecule has 1 amide bonds. The lowest BCUT2D eigenvalue weighted by atomic mass is 10.1. The number of rotatable bonds is 17. The number of esters is 1. The number of hydrogen-bond donors (Lipinski definition) is 3. The summed E-state index contributed by atoms with van der Waals surface area (Å²) < 4.78 is 4.62. The molecule has 6 heteroatoms. The van der Waals surface area contributed by atoms with Crippen molar-refractivity contribution in [1.29, 1.82) is 0 Å². The number of amides is 1. The van der Waals surface area contributed by atoms with Crippen LogP contribution in [-0.2, 0) is 14.3 Å². The number of thiol groups is 1. The maximum absolute atomic E-state index is 11.6. The van der Waals surface area contributed by atoms with E-state index in [4.69, 9.17) is 5.73 Å². The summed E-state index contributed by atoms with van der Waals surface area (Å²) >= 11 is 4.08. The van der Waals surface area contributed by atoms with Crippen LogP contribution in [0.15, 0.2) is 0 Å². The maximum Gasteiger partial charge on any atom is 0.305 e. The SMILES string of the molecule is COC(=O)CCCCCCCCCCCCCNC(=O)C(N)CCS. The van der Waals surface area contributed by atoms with Crippen molar-refractivity contribution in [3.05, 3.63) is 0 Å². The predicted molar refractivity (Wildman–Crippen MR) is 107 cm³/mol. The number of nitrogens with two attached hydrogens (primary N) is 1. The van der Waals surface area contributed by atoms with E-state index in [9.17, 15) is 9.59 Å². The van der Waals surface area contributed by atoms with Gasteiger partial charge in [-0.2, -0.15) is 12.6 Å². The first-order chi connectivity index (χ1) is 12.1. The standard InChI is InChI=1S/C19H38N2O3S/c1-24-18(22)13-11-9-7-5-3-2-4-6-8-10-12-15-21-19(23)17(20)14-16-25/h17,25H,2-16,20H2,1H3,(H,21,23). The van der Waals surface area contributed by atoms with Gasteiger partial charge in [0.25, 0.3) is 0 Å². The molecule has 0 heterocycles. The van der Waals surface area contributed by atoms with Crippen LogP contribution < -0.4 is 11.1 Å². The van der Waals surface area contributed by atoms with Crippen LogP contribution in [0.5, 0.6) is 0 Å². The zero-order valence-electron chi connectivity index (χ0n) is 15.9. The molecule has 0 spiro atoms. The van der Waals surface area contributed by atoms with Crippen LogP contribution in [0.25, 0.3) is 0 Å². The minimum Gasteiger partial charge on any atom is -0.469 e. The van der Waals surface area contributed by atoms with E-state index < -0.39 is 6.04 Å². The molecule has 1 atom stereocenters. The van der Waals surface area contributed by atoms with Gasteiger partial charge in [-0.25, -0.2) is 0 Å². The van der Waals surface area contributed by atoms with Gasteiger partial charge in [0.2, 0.25) is 5.91 Å². The Morgan fingerprint density at radius 2 is 1.40 bits per heavy atom. The molecular formula is C19H38N2O3S. The second-order valence-electron chi connectivity index (χ2n) is 6.63. The van der Waals surface area contributed by atoms with Gasteiger partial charge in [0.15, 0.2) is 0 Å². The third kappa shape index (κ3) is 16.5. The topological polar surface area (TPSA) is 81.4 Å². The van der Waals surface area contributed by atoms with Crippen molar-refractivity contribution in [1.82, 2.24) is 5.32 Å². The summed E-state index contributed by atoms with van der Waals surface area (Å²) in [6.45, 7) is 0.727. The Kier molecular flexibility index (Phi) is 17.5. The lowest BCUT2D eigenvalue weighted by molar-refractivity contribution is -0.140. The van der Waals surface area contributed by atoms with Crippen molar-refractivity contribution in [2.45, 2.75) is 89.5 Å². The smallest absolute Gasteiger partial charge is 0.305 e. The summed E-state index contributed by atoms with van der Waals surface area (Å²) in [5, 5.41) is 2.89. The van der Waals surface area contributed by atoms with Crippen molar-refractivity contribution < 1.29 is 14.3 Å². The molecule has 0 aromatic heterocycles. The highest BCUT2D eigenvalue weighted by molar-refractivity contribution is 7.80. The molecule has 0 rings (SSSR count). The molecular weight excluding hydrogens is 336 g/mol. The van der Waals surface area contributed by atoms with Gasteiger partial charge in [-0.05, 0) is 25.0 Å². The van der Waals surface area contributed by atoms with Crippen molar-refractivity contribution in [3.63, 3.8) is 0 Å². The highest BCUT2D eigenvalue weighted by Crippen LogP contribution is 2.12. The zero-order chi connectivity index (χ0) is 18.8. The van der Waals surface area contributed by atoms with Crippen molar-refractivity contribution in [2.24, 2.45) is 5.73 Å². The number of unbranched alkanes of at least 4 members (excludes halogenated alkanes) is 10. The van der Waals surface area contributed by atoms with E-state index in [1.807, 2.05) is 0 Å². The van der Waals surface area contributed by atoms with Gasteiger partial charge < -0.3 is 15.8 Å². The number of methoxy groups -OCH3 is 1. The molecule has 5 nitrogen and oxygen atoms in total. The van der Waals surface area contributed by atoms with Gasteiger partial charge in [0.1, 0.15) is 0 Å². The normalized spacial score (nSPS) is 12.0. The summed E-state index contributed by atoms with van der Waals surface area (Å²) in [5.41, 5.74) is 5.71. The third-order valence-electron chi connectivity index (χ3n) is 4.36. The van der Waals surface area contributed by atoms with Crippen LogP contribution in [0.1, 0.15) is 83.5 Å². The summed E-state index contributed by atoms with van der Waals surface area (Å²) in [4.78, 5) is 22.5. The molecule has 1 unspecified atom stereocenters. The van der Waals surface area contributed by atoms with Gasteiger partial charge in [-0.15, -0.1) is 0 Å². The zero-order valence-corrected chi connectivity index (χ0v) is 16.8. The fourth-order valence-electron chi connectivity index (χ4n) is 2.70. The van der Waals surface area contributed by atoms with Crippen LogP contribution in [0.3, 0.4) is 0 Å². The second kappa shape index (κ2) is 18.1. The van der Waals surface area contributed by atoms with Crippen LogP contribution in [0, 0.1) is 0 Å². The Hall–Kier alpha value is -0.750. The highest BCUT2D eigenvalue weighted by atomic mass is 32.1. The van der Waals surface area contributed by atoms with Gasteiger partial charge in [0.05, 0.1) is 13.2 Å². The number of hydrogen-bond acceptors (Lipinski definition) is 5. The first kappa shape index (κ1) is 24.2. The van der Waals surface area contributed by atoms with Crippen LogP contribution >= 0.6 is 12.6 Å². The van der Waals surface area contributed by atoms with Gasteiger partial charge in [0, 0.05) is 13.0 Å². The van der Waals surface area contributed by atoms with Crippen LogP contribution in [0.4, 0.5) is 0 Å². The summed E-state index contributed by atoms with van der Waals surface area (Å²) in [5.74, 6) is 0.489. The average molecular weight is 375 g/mol. The maximum atomic E-state index is 11.6. The van der Waals surface area contributed by atoms with E-state index in [-0.39, 0.29) is 11.9 Å². The van der Waals surface area contributed by atoms with E-state index in [1.54, 1.807) is 0 Å². The molecule has 0 saturated heterocycles. The molecule has 0 aromatic carbocycles. The summed E-state index contributed by atoms with van der Waals surface area (Å²) in [7, 11) is 1.44. The lowest BCUT2D eigenvalue weighted by Gasteiger charge is -2.10. The largest absolute Gasteiger partial charge is 0.469 e. The monoisotopic (exact) mass is 374 g/mol. The lowest BCUT2D eigenvalue weighted by Crippen LogP contribution is -2.41.